The molecule has 3 rings (SSSR count). The number of anilines is 2. The van der Waals surface area contributed by atoms with Crippen LogP contribution in [0.25, 0.3) is 0 Å². The van der Waals surface area contributed by atoms with Crippen LogP contribution in [0.5, 0.6) is 0 Å². The molecule has 2 amide bonds. The van der Waals surface area contributed by atoms with E-state index in [2.05, 4.69) is 26.1 Å². The average molecular weight is 444 g/mol. The Morgan fingerprint density at radius 2 is 1.57 bits per heavy atom. The van der Waals surface area contributed by atoms with Crippen molar-refractivity contribution in [3.05, 3.63) is 58.6 Å². The lowest BCUT2D eigenvalue weighted by Gasteiger charge is -2.37. The van der Waals surface area contributed by atoms with Crippen molar-refractivity contribution < 1.29 is 9.59 Å². The first kappa shape index (κ1) is 20.4. The number of hydrogen-bond donors (Lipinski definition) is 1. The van der Waals surface area contributed by atoms with Crippen molar-refractivity contribution >= 4 is 39.1 Å². The van der Waals surface area contributed by atoms with Crippen molar-refractivity contribution in [3.8, 4) is 0 Å². The third kappa shape index (κ3) is 5.35. The zero-order valence-electron chi connectivity index (χ0n) is 16.3. The summed E-state index contributed by atoms with van der Waals surface area (Å²) in [6.07, 6.45) is 0.348. The van der Waals surface area contributed by atoms with Gasteiger partial charge in [0, 0.05) is 47.9 Å². The average Bonchev–Trinajstić information content (AvgIpc) is 2.70. The van der Waals surface area contributed by atoms with E-state index in [0.717, 1.165) is 47.6 Å². The Kier molecular flexibility index (Phi) is 6.73. The van der Waals surface area contributed by atoms with Crippen molar-refractivity contribution in [1.29, 1.82) is 0 Å². The van der Waals surface area contributed by atoms with E-state index < -0.39 is 0 Å². The lowest BCUT2D eigenvalue weighted by atomic mass is 10.1. The highest BCUT2D eigenvalue weighted by Gasteiger charge is 2.22. The minimum absolute atomic E-state index is 0.0316. The number of halogens is 1. The highest BCUT2D eigenvalue weighted by molar-refractivity contribution is 9.10. The Morgan fingerprint density at radius 3 is 2.14 bits per heavy atom. The van der Waals surface area contributed by atoms with E-state index in [4.69, 9.17) is 0 Å². The van der Waals surface area contributed by atoms with Crippen molar-refractivity contribution in [3.63, 3.8) is 0 Å². The van der Waals surface area contributed by atoms with E-state index >= 15 is 0 Å². The van der Waals surface area contributed by atoms with Gasteiger partial charge in [0.05, 0.1) is 6.42 Å². The molecule has 2 aromatic carbocycles. The zero-order valence-corrected chi connectivity index (χ0v) is 17.9. The largest absolute Gasteiger partial charge is 0.368 e. The van der Waals surface area contributed by atoms with Crippen molar-refractivity contribution in [1.82, 2.24) is 4.90 Å². The minimum Gasteiger partial charge on any atom is -0.368 e. The Bertz CT molecular complexity index is 811. The van der Waals surface area contributed by atoms with E-state index in [-0.39, 0.29) is 17.7 Å². The molecule has 0 bridgehead atoms. The molecular weight excluding hydrogens is 418 g/mol. The minimum atomic E-state index is -0.0316. The summed E-state index contributed by atoms with van der Waals surface area (Å²) in [6.45, 7) is 7.05. The summed E-state index contributed by atoms with van der Waals surface area (Å²) < 4.78 is 1.00. The van der Waals surface area contributed by atoms with E-state index in [1.165, 1.54) is 0 Å². The fourth-order valence-electron chi connectivity index (χ4n) is 3.30. The van der Waals surface area contributed by atoms with E-state index in [1.807, 2.05) is 67.3 Å². The van der Waals surface area contributed by atoms with Crippen LogP contribution < -0.4 is 10.2 Å². The topological polar surface area (TPSA) is 52.7 Å². The second kappa shape index (κ2) is 9.24. The molecule has 1 N–H and O–H groups in total. The van der Waals surface area contributed by atoms with Crippen LogP contribution in [0.3, 0.4) is 0 Å². The standard InChI is InChI=1S/C22H26BrN3O2/c1-16(2)22(28)26-13-11-25(12-14-26)20-9-7-19(8-10-20)24-21(27)15-17-3-5-18(23)6-4-17/h3-10,16H,11-15H2,1-2H3,(H,24,27). The first-order chi connectivity index (χ1) is 13.4. The van der Waals surface area contributed by atoms with Crippen LogP contribution in [-0.2, 0) is 16.0 Å². The monoisotopic (exact) mass is 443 g/mol. The van der Waals surface area contributed by atoms with Crippen LogP contribution in [0, 0.1) is 5.92 Å². The molecule has 0 spiro atoms. The number of nitrogens with one attached hydrogen (secondary N) is 1. The van der Waals surface area contributed by atoms with Gasteiger partial charge in [-0.3, -0.25) is 9.59 Å². The Balaban J connectivity index is 1.52. The third-order valence-corrected chi connectivity index (χ3v) is 5.41. The van der Waals surface area contributed by atoms with Gasteiger partial charge in [-0.05, 0) is 42.0 Å². The molecule has 1 aliphatic rings. The first-order valence-electron chi connectivity index (χ1n) is 9.60. The van der Waals surface area contributed by atoms with Gasteiger partial charge in [-0.2, -0.15) is 0 Å². The van der Waals surface area contributed by atoms with Gasteiger partial charge in [0.15, 0.2) is 0 Å². The van der Waals surface area contributed by atoms with E-state index in [0.29, 0.717) is 6.42 Å². The summed E-state index contributed by atoms with van der Waals surface area (Å²) in [5, 5.41) is 2.95. The molecule has 6 heteroatoms. The maximum absolute atomic E-state index is 12.2. The second-order valence-electron chi connectivity index (χ2n) is 7.37. The highest BCUT2D eigenvalue weighted by Crippen LogP contribution is 2.20. The molecule has 1 aliphatic heterocycles. The van der Waals surface area contributed by atoms with Crippen LogP contribution in [0.1, 0.15) is 19.4 Å². The second-order valence-corrected chi connectivity index (χ2v) is 8.28. The van der Waals surface area contributed by atoms with Gasteiger partial charge in [-0.25, -0.2) is 0 Å². The van der Waals surface area contributed by atoms with Gasteiger partial charge < -0.3 is 15.1 Å². The predicted molar refractivity (Wildman–Crippen MR) is 117 cm³/mol. The number of hydrogen-bond acceptors (Lipinski definition) is 3. The van der Waals surface area contributed by atoms with Crippen LogP contribution in [0.2, 0.25) is 0 Å². The Hall–Kier alpha value is -2.34. The Labute approximate surface area is 174 Å². The fraction of sp³-hybridized carbons (Fsp3) is 0.364. The van der Waals surface area contributed by atoms with Gasteiger partial charge in [-0.15, -0.1) is 0 Å². The summed E-state index contributed by atoms with van der Waals surface area (Å²) in [6, 6.07) is 15.7. The highest BCUT2D eigenvalue weighted by atomic mass is 79.9. The maximum atomic E-state index is 12.2. The van der Waals surface area contributed by atoms with Crippen LogP contribution in [0.4, 0.5) is 11.4 Å². The van der Waals surface area contributed by atoms with Gasteiger partial charge in [-0.1, -0.05) is 41.9 Å². The normalized spacial score (nSPS) is 14.3. The molecule has 1 fully saturated rings. The molecule has 0 aliphatic carbocycles. The van der Waals surface area contributed by atoms with Crippen molar-refractivity contribution in [2.45, 2.75) is 20.3 Å². The SMILES string of the molecule is CC(C)C(=O)N1CCN(c2ccc(NC(=O)Cc3ccc(Br)cc3)cc2)CC1. The summed E-state index contributed by atoms with van der Waals surface area (Å²) in [5.41, 5.74) is 2.88. The lowest BCUT2D eigenvalue weighted by Crippen LogP contribution is -2.49. The van der Waals surface area contributed by atoms with Crippen LogP contribution in [0.15, 0.2) is 53.0 Å². The molecule has 0 aromatic heterocycles. The number of amides is 2. The van der Waals surface area contributed by atoms with E-state index in [9.17, 15) is 9.59 Å². The molecule has 28 heavy (non-hydrogen) atoms. The number of rotatable bonds is 5. The maximum Gasteiger partial charge on any atom is 0.228 e. The molecule has 0 unspecified atom stereocenters. The van der Waals surface area contributed by atoms with Crippen LogP contribution in [-0.4, -0.2) is 42.9 Å². The number of carbonyl (C=O) groups excluding carboxylic acids is 2. The smallest absolute Gasteiger partial charge is 0.228 e. The predicted octanol–water partition coefficient (Wildman–Crippen LogP) is 3.93. The number of nitrogens with zero attached hydrogens (tertiary/aromatic N) is 2. The molecular formula is C22H26BrN3O2. The number of piperazine rings is 1. The molecule has 148 valence electrons. The van der Waals surface area contributed by atoms with Crippen molar-refractivity contribution in [2.24, 2.45) is 5.92 Å². The summed E-state index contributed by atoms with van der Waals surface area (Å²) in [4.78, 5) is 28.6. The first-order valence-corrected chi connectivity index (χ1v) is 10.4. The van der Waals surface area contributed by atoms with Gasteiger partial charge in [0.2, 0.25) is 11.8 Å². The number of benzene rings is 2. The molecule has 1 heterocycles. The summed E-state index contributed by atoms with van der Waals surface area (Å²) in [7, 11) is 0. The third-order valence-electron chi connectivity index (χ3n) is 4.88. The van der Waals surface area contributed by atoms with Gasteiger partial charge in [0.1, 0.15) is 0 Å². The fourth-order valence-corrected chi connectivity index (χ4v) is 3.56. The van der Waals surface area contributed by atoms with Crippen LogP contribution >= 0.6 is 15.9 Å². The molecule has 0 atom stereocenters. The zero-order chi connectivity index (χ0) is 20.1. The Morgan fingerprint density at radius 1 is 0.964 bits per heavy atom. The molecule has 0 radical (unpaired) electrons. The lowest BCUT2D eigenvalue weighted by molar-refractivity contribution is -0.134. The summed E-state index contributed by atoms with van der Waals surface area (Å²) in [5.74, 6) is 0.242. The summed E-state index contributed by atoms with van der Waals surface area (Å²) >= 11 is 3.40. The molecule has 2 aromatic rings. The van der Waals surface area contributed by atoms with Gasteiger partial charge >= 0.3 is 0 Å². The quantitative estimate of drug-likeness (QED) is 0.761. The van der Waals surface area contributed by atoms with Gasteiger partial charge in [0.25, 0.3) is 0 Å². The molecule has 5 nitrogen and oxygen atoms in total. The van der Waals surface area contributed by atoms with Crippen molar-refractivity contribution in [2.75, 3.05) is 36.4 Å². The van der Waals surface area contributed by atoms with E-state index in [1.54, 1.807) is 0 Å². The molecule has 1 saturated heterocycles. The number of carbonyl (C=O) groups is 2. The molecule has 0 saturated carbocycles.